The van der Waals surface area contributed by atoms with Gasteiger partial charge in [-0.1, -0.05) is 11.6 Å². The molecule has 7 heteroatoms. The van der Waals surface area contributed by atoms with Gasteiger partial charge in [0.25, 0.3) is 5.69 Å². The highest BCUT2D eigenvalue weighted by atomic mass is 35.5. The SMILES string of the molecule is O=[N+]([O-])c1ccc(Cl)c(CNCC(O)c2ccsc2)c1. The van der Waals surface area contributed by atoms with Gasteiger partial charge in [0.2, 0.25) is 0 Å². The summed E-state index contributed by atoms with van der Waals surface area (Å²) in [4.78, 5) is 10.2. The number of hydrogen-bond acceptors (Lipinski definition) is 5. The molecule has 1 unspecified atom stereocenters. The van der Waals surface area contributed by atoms with E-state index in [2.05, 4.69) is 5.32 Å². The lowest BCUT2D eigenvalue weighted by atomic mass is 10.1. The van der Waals surface area contributed by atoms with E-state index in [0.29, 0.717) is 23.7 Å². The Hall–Kier alpha value is -1.47. The largest absolute Gasteiger partial charge is 0.387 e. The Kier molecular flexibility index (Phi) is 5.08. The van der Waals surface area contributed by atoms with Crippen LogP contribution in [0.5, 0.6) is 0 Å². The number of thiophene rings is 1. The number of rotatable bonds is 6. The summed E-state index contributed by atoms with van der Waals surface area (Å²) in [5, 5.41) is 27.9. The Morgan fingerprint density at radius 2 is 2.25 bits per heavy atom. The zero-order valence-corrected chi connectivity index (χ0v) is 12.0. The van der Waals surface area contributed by atoms with Crippen LogP contribution >= 0.6 is 22.9 Å². The van der Waals surface area contributed by atoms with Crippen LogP contribution in [0.15, 0.2) is 35.0 Å². The standard InChI is InChI=1S/C13H13ClN2O3S/c14-12-2-1-11(16(18)19)5-10(12)6-15-7-13(17)9-3-4-20-8-9/h1-5,8,13,15,17H,6-7H2. The minimum absolute atomic E-state index is 0.00424. The number of nitro groups is 1. The van der Waals surface area contributed by atoms with Crippen molar-refractivity contribution in [2.45, 2.75) is 12.6 Å². The van der Waals surface area contributed by atoms with E-state index in [1.54, 1.807) is 0 Å². The topological polar surface area (TPSA) is 75.4 Å². The van der Waals surface area contributed by atoms with E-state index < -0.39 is 11.0 Å². The molecule has 1 heterocycles. The van der Waals surface area contributed by atoms with Crippen molar-refractivity contribution in [2.75, 3.05) is 6.54 Å². The number of nitrogens with one attached hydrogen (secondary N) is 1. The van der Waals surface area contributed by atoms with Crippen LogP contribution in [0.25, 0.3) is 0 Å². The molecule has 0 bridgehead atoms. The molecule has 2 N–H and O–H groups in total. The van der Waals surface area contributed by atoms with Crippen LogP contribution in [0.2, 0.25) is 5.02 Å². The lowest BCUT2D eigenvalue weighted by molar-refractivity contribution is -0.384. The zero-order chi connectivity index (χ0) is 14.5. The molecular weight excluding hydrogens is 300 g/mol. The second-order valence-corrected chi connectivity index (χ2v) is 5.42. The second-order valence-electron chi connectivity index (χ2n) is 4.24. The fraction of sp³-hybridized carbons (Fsp3) is 0.231. The van der Waals surface area contributed by atoms with Gasteiger partial charge in [0.1, 0.15) is 0 Å². The van der Waals surface area contributed by atoms with Crippen molar-refractivity contribution in [1.82, 2.24) is 5.32 Å². The molecule has 0 saturated heterocycles. The van der Waals surface area contributed by atoms with Crippen molar-refractivity contribution in [3.63, 3.8) is 0 Å². The molecule has 5 nitrogen and oxygen atoms in total. The summed E-state index contributed by atoms with van der Waals surface area (Å²) in [6.45, 7) is 0.720. The highest BCUT2D eigenvalue weighted by Gasteiger charge is 2.11. The molecule has 2 rings (SSSR count). The summed E-state index contributed by atoms with van der Waals surface area (Å²) in [5.41, 5.74) is 1.50. The van der Waals surface area contributed by atoms with Gasteiger partial charge in [0, 0.05) is 30.2 Å². The Bertz CT molecular complexity index is 589. The monoisotopic (exact) mass is 312 g/mol. The smallest absolute Gasteiger partial charge is 0.269 e. The van der Waals surface area contributed by atoms with Crippen molar-refractivity contribution >= 4 is 28.6 Å². The molecule has 0 amide bonds. The Morgan fingerprint density at radius 1 is 1.45 bits per heavy atom. The summed E-state index contributed by atoms with van der Waals surface area (Å²) in [6.07, 6.45) is -0.598. The lowest BCUT2D eigenvalue weighted by Crippen LogP contribution is -2.21. The average molecular weight is 313 g/mol. The first kappa shape index (κ1) is 14.9. The third-order valence-corrected chi connectivity index (χ3v) is 3.89. The molecule has 1 aromatic heterocycles. The molecule has 0 saturated carbocycles. The van der Waals surface area contributed by atoms with Crippen LogP contribution in [0.1, 0.15) is 17.2 Å². The molecule has 1 aromatic carbocycles. The third-order valence-electron chi connectivity index (χ3n) is 2.82. The minimum Gasteiger partial charge on any atom is -0.387 e. The van der Waals surface area contributed by atoms with E-state index in [1.165, 1.54) is 29.5 Å². The molecule has 2 aromatic rings. The normalized spacial score (nSPS) is 12.3. The maximum Gasteiger partial charge on any atom is 0.269 e. The maximum atomic E-state index is 10.7. The first-order chi connectivity index (χ1) is 9.58. The molecule has 0 aliphatic carbocycles. The van der Waals surface area contributed by atoms with Gasteiger partial charge in [-0.3, -0.25) is 10.1 Å². The summed E-state index contributed by atoms with van der Waals surface area (Å²) < 4.78 is 0. The van der Waals surface area contributed by atoms with Crippen molar-refractivity contribution in [1.29, 1.82) is 0 Å². The first-order valence-electron chi connectivity index (χ1n) is 5.91. The number of aliphatic hydroxyl groups is 1. The zero-order valence-electron chi connectivity index (χ0n) is 10.5. The molecule has 1 atom stereocenters. The van der Waals surface area contributed by atoms with Crippen LogP contribution in [0, 0.1) is 10.1 Å². The predicted octanol–water partition coefficient (Wildman–Crippen LogP) is 3.13. The summed E-state index contributed by atoms with van der Waals surface area (Å²) in [5.74, 6) is 0. The van der Waals surface area contributed by atoms with Crippen LogP contribution in [-0.2, 0) is 6.54 Å². The molecule has 106 valence electrons. The van der Waals surface area contributed by atoms with Crippen molar-refractivity contribution in [3.8, 4) is 0 Å². The van der Waals surface area contributed by atoms with Crippen LogP contribution in [0.3, 0.4) is 0 Å². The quantitative estimate of drug-likeness (QED) is 0.634. The molecule has 0 aliphatic heterocycles. The van der Waals surface area contributed by atoms with Crippen molar-refractivity contribution in [2.24, 2.45) is 0 Å². The molecule has 0 radical (unpaired) electrons. The molecule has 0 aliphatic rings. The van der Waals surface area contributed by atoms with Gasteiger partial charge in [-0.15, -0.1) is 0 Å². The second kappa shape index (κ2) is 6.81. The third kappa shape index (κ3) is 3.77. The fourth-order valence-electron chi connectivity index (χ4n) is 1.74. The number of nitro benzene ring substituents is 1. The van der Waals surface area contributed by atoms with Gasteiger partial charge < -0.3 is 10.4 Å². The summed E-state index contributed by atoms with van der Waals surface area (Å²) in [6, 6.07) is 6.17. The van der Waals surface area contributed by atoms with Gasteiger partial charge in [-0.25, -0.2) is 0 Å². The number of hydrogen-bond donors (Lipinski definition) is 2. The summed E-state index contributed by atoms with van der Waals surface area (Å²) >= 11 is 7.51. The van der Waals surface area contributed by atoms with Crippen LogP contribution in [0.4, 0.5) is 5.69 Å². The van der Waals surface area contributed by atoms with E-state index in [0.717, 1.165) is 5.56 Å². The first-order valence-corrected chi connectivity index (χ1v) is 7.23. The Morgan fingerprint density at radius 3 is 2.90 bits per heavy atom. The number of halogens is 1. The van der Waals surface area contributed by atoms with E-state index in [4.69, 9.17) is 11.6 Å². The predicted molar refractivity (Wildman–Crippen MR) is 79.1 cm³/mol. The van der Waals surface area contributed by atoms with Gasteiger partial charge in [-0.2, -0.15) is 11.3 Å². The van der Waals surface area contributed by atoms with E-state index in [-0.39, 0.29) is 5.69 Å². The van der Waals surface area contributed by atoms with E-state index >= 15 is 0 Å². The highest BCUT2D eigenvalue weighted by molar-refractivity contribution is 7.07. The van der Waals surface area contributed by atoms with E-state index in [1.807, 2.05) is 16.8 Å². The van der Waals surface area contributed by atoms with Crippen LogP contribution < -0.4 is 5.32 Å². The molecule has 20 heavy (non-hydrogen) atoms. The van der Waals surface area contributed by atoms with Crippen LogP contribution in [-0.4, -0.2) is 16.6 Å². The highest BCUT2D eigenvalue weighted by Crippen LogP contribution is 2.22. The lowest BCUT2D eigenvalue weighted by Gasteiger charge is -2.11. The molecule has 0 fully saturated rings. The summed E-state index contributed by atoms with van der Waals surface area (Å²) in [7, 11) is 0. The van der Waals surface area contributed by atoms with Crippen molar-refractivity contribution in [3.05, 3.63) is 61.3 Å². The Balaban J connectivity index is 1.94. The number of aliphatic hydroxyl groups excluding tert-OH is 1. The van der Waals surface area contributed by atoms with Gasteiger partial charge in [0.05, 0.1) is 11.0 Å². The minimum atomic E-state index is -0.598. The average Bonchev–Trinajstić information content (AvgIpc) is 2.94. The van der Waals surface area contributed by atoms with Crippen molar-refractivity contribution < 1.29 is 10.0 Å². The van der Waals surface area contributed by atoms with Gasteiger partial charge in [0.15, 0.2) is 0 Å². The Labute approximate surface area is 125 Å². The number of nitrogens with zero attached hydrogens (tertiary/aromatic N) is 1. The van der Waals surface area contributed by atoms with Gasteiger partial charge in [-0.05, 0) is 34.0 Å². The molecular formula is C13H13ClN2O3S. The fourth-order valence-corrected chi connectivity index (χ4v) is 2.63. The van der Waals surface area contributed by atoms with E-state index in [9.17, 15) is 15.2 Å². The van der Waals surface area contributed by atoms with Gasteiger partial charge >= 0.3 is 0 Å². The molecule has 0 spiro atoms. The number of non-ortho nitro benzene ring substituents is 1. The maximum absolute atomic E-state index is 10.7. The number of benzene rings is 1.